The minimum Gasteiger partial charge on any atom is -0.293 e. The van der Waals surface area contributed by atoms with E-state index >= 15 is 0 Å². The van der Waals surface area contributed by atoms with Crippen LogP contribution in [0.25, 0.3) is 16.9 Å². The Morgan fingerprint density at radius 3 is 2.65 bits per heavy atom. The summed E-state index contributed by atoms with van der Waals surface area (Å²) in [5, 5.41) is 0. The molecule has 0 saturated heterocycles. The molecule has 0 bridgehead atoms. The van der Waals surface area contributed by atoms with Gasteiger partial charge in [0, 0.05) is 25.6 Å². The van der Waals surface area contributed by atoms with Crippen molar-refractivity contribution < 1.29 is 0 Å². The fourth-order valence-corrected chi connectivity index (χ4v) is 1.81. The normalized spacial score (nSPS) is 10.9. The van der Waals surface area contributed by atoms with Gasteiger partial charge in [-0.15, -0.1) is 0 Å². The second-order valence-electron chi connectivity index (χ2n) is 3.61. The summed E-state index contributed by atoms with van der Waals surface area (Å²) in [5.74, 6) is 0.509. The molecule has 0 radical (unpaired) electrons. The maximum atomic E-state index is 12.1. The van der Waals surface area contributed by atoms with Crippen LogP contribution in [0.5, 0.6) is 0 Å². The smallest absolute Gasteiger partial charge is 0.293 e. The van der Waals surface area contributed by atoms with Crippen LogP contribution in [-0.2, 0) is 7.05 Å². The molecule has 6 heteroatoms. The van der Waals surface area contributed by atoms with Crippen molar-refractivity contribution in [2.75, 3.05) is 0 Å². The van der Waals surface area contributed by atoms with Gasteiger partial charge in [-0.2, -0.15) is 0 Å². The summed E-state index contributed by atoms with van der Waals surface area (Å²) >= 11 is 0. The molecule has 0 amide bonds. The summed E-state index contributed by atoms with van der Waals surface area (Å²) in [6.45, 7) is 0. The van der Waals surface area contributed by atoms with Crippen LogP contribution >= 0.6 is 0 Å². The number of aryl methyl sites for hydroxylation is 1. The molecule has 3 heterocycles. The highest BCUT2D eigenvalue weighted by atomic mass is 16.1. The van der Waals surface area contributed by atoms with Gasteiger partial charge in [0.2, 0.25) is 0 Å². The van der Waals surface area contributed by atoms with Crippen LogP contribution in [0.4, 0.5) is 0 Å². The lowest BCUT2D eigenvalue weighted by Gasteiger charge is -1.99. The Morgan fingerprint density at radius 1 is 1.06 bits per heavy atom. The molecule has 0 aliphatic carbocycles. The second kappa shape index (κ2) is 3.51. The van der Waals surface area contributed by atoms with Crippen molar-refractivity contribution in [3.8, 4) is 5.82 Å². The van der Waals surface area contributed by atoms with E-state index in [1.54, 1.807) is 44.1 Å². The third-order valence-electron chi connectivity index (χ3n) is 2.64. The highest BCUT2D eigenvalue weighted by Gasteiger charge is 2.12. The molecule has 0 fully saturated rings. The third kappa shape index (κ3) is 1.34. The van der Waals surface area contributed by atoms with E-state index < -0.39 is 0 Å². The Labute approximate surface area is 96.2 Å². The summed E-state index contributed by atoms with van der Waals surface area (Å²) in [7, 11) is 1.71. The highest BCUT2D eigenvalue weighted by molar-refractivity contribution is 5.76. The zero-order chi connectivity index (χ0) is 11.8. The van der Waals surface area contributed by atoms with E-state index in [-0.39, 0.29) is 5.69 Å². The van der Waals surface area contributed by atoms with Crippen molar-refractivity contribution in [1.29, 1.82) is 0 Å². The van der Waals surface area contributed by atoms with Gasteiger partial charge in [-0.05, 0) is 6.07 Å². The van der Waals surface area contributed by atoms with Crippen molar-refractivity contribution in [3.63, 3.8) is 0 Å². The van der Waals surface area contributed by atoms with Crippen molar-refractivity contribution >= 4 is 11.0 Å². The molecule has 0 aliphatic heterocycles. The van der Waals surface area contributed by atoms with Gasteiger partial charge in [0.25, 0.3) is 0 Å². The van der Waals surface area contributed by atoms with Gasteiger partial charge in [0.1, 0.15) is 0 Å². The summed E-state index contributed by atoms with van der Waals surface area (Å²) in [6.07, 6.45) is 7.99. The Hall–Kier alpha value is -2.50. The SMILES string of the molecule is Cn1c(=O)n(-c2cnccn2)c2ccncc21. The van der Waals surface area contributed by atoms with E-state index in [0.717, 1.165) is 11.0 Å². The molecule has 0 atom stereocenters. The van der Waals surface area contributed by atoms with Crippen LogP contribution in [0.15, 0.2) is 41.8 Å². The van der Waals surface area contributed by atoms with E-state index in [2.05, 4.69) is 15.0 Å². The Morgan fingerprint density at radius 2 is 1.88 bits per heavy atom. The van der Waals surface area contributed by atoms with Gasteiger partial charge in [-0.1, -0.05) is 0 Å². The van der Waals surface area contributed by atoms with Gasteiger partial charge in [-0.3, -0.25) is 14.5 Å². The fourth-order valence-electron chi connectivity index (χ4n) is 1.81. The summed E-state index contributed by atoms with van der Waals surface area (Å²) in [5.41, 5.74) is 1.38. The number of pyridine rings is 1. The number of imidazole rings is 1. The number of aromatic nitrogens is 5. The largest absolute Gasteiger partial charge is 0.334 e. The first-order valence-electron chi connectivity index (χ1n) is 5.07. The first kappa shape index (κ1) is 9.71. The Bertz CT molecular complexity index is 728. The summed E-state index contributed by atoms with van der Waals surface area (Å²) in [6, 6.07) is 1.78. The topological polar surface area (TPSA) is 65.6 Å². The van der Waals surface area contributed by atoms with E-state index in [1.807, 2.05) is 0 Å². The highest BCUT2D eigenvalue weighted by Crippen LogP contribution is 2.13. The standard InChI is InChI=1S/C11H9N5O/c1-15-9-6-12-3-2-8(9)16(11(15)17)10-7-13-4-5-14-10/h2-7H,1H3. The summed E-state index contributed by atoms with van der Waals surface area (Å²) < 4.78 is 3.06. The van der Waals surface area contributed by atoms with Crippen LogP contribution in [-0.4, -0.2) is 24.1 Å². The van der Waals surface area contributed by atoms with Crippen molar-refractivity contribution in [2.24, 2.45) is 7.05 Å². The Kier molecular flexibility index (Phi) is 2.01. The zero-order valence-corrected chi connectivity index (χ0v) is 9.11. The number of nitrogens with zero attached hydrogens (tertiary/aromatic N) is 5. The molecule has 0 aliphatic rings. The van der Waals surface area contributed by atoms with E-state index in [0.29, 0.717) is 5.82 Å². The average Bonchev–Trinajstić information content (AvgIpc) is 2.64. The van der Waals surface area contributed by atoms with Crippen molar-refractivity contribution in [1.82, 2.24) is 24.1 Å². The molecule has 3 aromatic heterocycles. The molecule has 0 unspecified atom stereocenters. The fraction of sp³-hybridized carbons (Fsp3) is 0.0909. The van der Waals surface area contributed by atoms with Gasteiger partial charge >= 0.3 is 5.69 Å². The van der Waals surface area contributed by atoms with E-state index in [1.165, 1.54) is 9.13 Å². The average molecular weight is 227 g/mol. The third-order valence-corrected chi connectivity index (χ3v) is 2.64. The summed E-state index contributed by atoms with van der Waals surface area (Å²) in [4.78, 5) is 24.2. The predicted molar refractivity (Wildman–Crippen MR) is 61.9 cm³/mol. The van der Waals surface area contributed by atoms with Gasteiger partial charge in [0.15, 0.2) is 5.82 Å². The monoisotopic (exact) mass is 227 g/mol. The molecule has 0 spiro atoms. The zero-order valence-electron chi connectivity index (χ0n) is 9.11. The lowest BCUT2D eigenvalue weighted by atomic mass is 10.4. The van der Waals surface area contributed by atoms with Crippen molar-refractivity contribution in [2.45, 2.75) is 0 Å². The van der Waals surface area contributed by atoms with Crippen LogP contribution in [0, 0.1) is 0 Å². The van der Waals surface area contributed by atoms with Crippen molar-refractivity contribution in [3.05, 3.63) is 47.5 Å². The van der Waals surface area contributed by atoms with Gasteiger partial charge in [0.05, 0.1) is 23.4 Å². The molecular weight excluding hydrogens is 218 g/mol. The molecule has 0 aromatic carbocycles. The number of rotatable bonds is 1. The second-order valence-corrected chi connectivity index (χ2v) is 3.61. The molecule has 3 rings (SSSR count). The maximum absolute atomic E-state index is 12.1. The van der Waals surface area contributed by atoms with Gasteiger partial charge in [-0.25, -0.2) is 14.3 Å². The van der Waals surface area contributed by atoms with Crippen LogP contribution in [0.3, 0.4) is 0 Å². The predicted octanol–water partition coefficient (Wildman–Crippen LogP) is 0.514. The first-order valence-corrected chi connectivity index (χ1v) is 5.07. The number of fused-ring (bicyclic) bond motifs is 1. The van der Waals surface area contributed by atoms with E-state index in [4.69, 9.17) is 0 Å². The number of hydrogen-bond acceptors (Lipinski definition) is 4. The molecule has 17 heavy (non-hydrogen) atoms. The number of hydrogen-bond donors (Lipinski definition) is 0. The lowest BCUT2D eigenvalue weighted by Crippen LogP contribution is -2.21. The lowest BCUT2D eigenvalue weighted by molar-refractivity contribution is 0.830. The molecule has 84 valence electrons. The minimum atomic E-state index is -0.159. The first-order chi connectivity index (χ1) is 8.29. The maximum Gasteiger partial charge on any atom is 0.334 e. The quantitative estimate of drug-likeness (QED) is 0.607. The molecular formula is C11H9N5O. The van der Waals surface area contributed by atoms with Crippen LogP contribution < -0.4 is 5.69 Å². The minimum absolute atomic E-state index is 0.159. The molecule has 3 aromatic rings. The Balaban J connectivity index is 2.45. The van der Waals surface area contributed by atoms with Gasteiger partial charge < -0.3 is 0 Å². The van der Waals surface area contributed by atoms with Crippen LogP contribution in [0.1, 0.15) is 0 Å². The van der Waals surface area contributed by atoms with Crippen LogP contribution in [0.2, 0.25) is 0 Å². The molecule has 6 nitrogen and oxygen atoms in total. The molecule has 0 N–H and O–H groups in total. The molecule has 0 saturated carbocycles. The van der Waals surface area contributed by atoms with E-state index in [9.17, 15) is 4.79 Å².